The minimum atomic E-state index is -0.257. The lowest BCUT2D eigenvalue weighted by molar-refractivity contribution is -0.136. The van der Waals surface area contributed by atoms with Crippen LogP contribution in [0.3, 0.4) is 0 Å². The smallest absolute Gasteiger partial charge is 0.227 e. The predicted molar refractivity (Wildman–Crippen MR) is 107 cm³/mol. The Bertz CT molecular complexity index is 870. The van der Waals surface area contributed by atoms with Crippen molar-refractivity contribution in [1.29, 1.82) is 0 Å². The number of amides is 1. The largest absolute Gasteiger partial charge is 0.465 e. The normalized spacial score (nSPS) is 31.2. The number of halogens is 2. The van der Waals surface area contributed by atoms with Crippen molar-refractivity contribution in [2.45, 2.75) is 37.6 Å². The molecule has 2 aliphatic carbocycles. The molecule has 150 valence electrons. The van der Waals surface area contributed by atoms with Gasteiger partial charge in [-0.25, -0.2) is 4.39 Å². The Kier molecular flexibility index (Phi) is 5.23. The van der Waals surface area contributed by atoms with Crippen molar-refractivity contribution in [1.82, 2.24) is 10.2 Å². The summed E-state index contributed by atoms with van der Waals surface area (Å²) >= 11 is 0. The average molecular weight is 405 g/mol. The first kappa shape index (κ1) is 19.5. The number of piperazine rings is 1. The summed E-state index contributed by atoms with van der Waals surface area (Å²) < 4.78 is 19.7. The SMILES string of the molecule is CC1CC1c1ccc(C2CC2C(=O)N2CCNCC2c2cccc(F)c2)o1.Cl. The lowest BCUT2D eigenvalue weighted by atomic mass is 10.0. The van der Waals surface area contributed by atoms with Crippen molar-refractivity contribution in [3.05, 3.63) is 59.3 Å². The van der Waals surface area contributed by atoms with Crippen molar-refractivity contribution >= 4 is 18.3 Å². The van der Waals surface area contributed by atoms with Gasteiger partial charge < -0.3 is 14.6 Å². The number of rotatable bonds is 4. The van der Waals surface area contributed by atoms with E-state index in [0.717, 1.165) is 30.0 Å². The van der Waals surface area contributed by atoms with Crippen molar-refractivity contribution in [2.24, 2.45) is 11.8 Å². The fraction of sp³-hybridized carbons (Fsp3) is 0.500. The van der Waals surface area contributed by atoms with Crippen LogP contribution in [0.2, 0.25) is 0 Å². The summed E-state index contributed by atoms with van der Waals surface area (Å²) in [6.45, 7) is 4.34. The maximum atomic E-state index is 13.7. The summed E-state index contributed by atoms with van der Waals surface area (Å²) in [6, 6.07) is 10.6. The van der Waals surface area contributed by atoms with Crippen molar-refractivity contribution < 1.29 is 13.6 Å². The molecule has 6 heteroatoms. The molecule has 4 nitrogen and oxygen atoms in total. The van der Waals surface area contributed by atoms with Gasteiger partial charge in [-0.1, -0.05) is 19.1 Å². The molecule has 5 rings (SSSR count). The number of hydrogen-bond donors (Lipinski definition) is 1. The Morgan fingerprint density at radius 1 is 1.18 bits per heavy atom. The standard InChI is InChI=1S/C22H25FN2O2.ClH/c1-13-9-16(13)20-5-6-21(27-20)17-11-18(17)22(26)25-8-7-24-12-19(25)14-3-2-4-15(23)10-14;/h2-6,10,13,16-19,24H,7-9,11-12H2,1H3;1H. The van der Waals surface area contributed by atoms with Crippen LogP contribution in [0.5, 0.6) is 0 Å². The Balaban J connectivity index is 0.00000192. The molecule has 0 bridgehead atoms. The maximum absolute atomic E-state index is 13.7. The Hall–Kier alpha value is -1.85. The molecule has 1 aromatic heterocycles. The third kappa shape index (κ3) is 3.58. The Labute approximate surface area is 170 Å². The Morgan fingerprint density at radius 3 is 2.64 bits per heavy atom. The van der Waals surface area contributed by atoms with E-state index in [1.165, 1.54) is 18.6 Å². The van der Waals surface area contributed by atoms with Crippen LogP contribution in [0.4, 0.5) is 4.39 Å². The molecule has 2 saturated carbocycles. The van der Waals surface area contributed by atoms with E-state index in [-0.39, 0.29) is 42.0 Å². The van der Waals surface area contributed by atoms with Crippen LogP contribution in [-0.4, -0.2) is 30.4 Å². The van der Waals surface area contributed by atoms with E-state index >= 15 is 0 Å². The number of benzene rings is 1. The molecule has 3 fully saturated rings. The van der Waals surface area contributed by atoms with Gasteiger partial charge in [-0.3, -0.25) is 4.79 Å². The van der Waals surface area contributed by atoms with E-state index in [2.05, 4.69) is 24.4 Å². The van der Waals surface area contributed by atoms with Gasteiger partial charge >= 0.3 is 0 Å². The van der Waals surface area contributed by atoms with Gasteiger partial charge in [0.2, 0.25) is 5.91 Å². The third-order valence-corrected chi connectivity index (χ3v) is 6.36. The molecule has 3 aliphatic rings. The van der Waals surface area contributed by atoms with Crippen LogP contribution in [0.1, 0.15) is 54.7 Å². The fourth-order valence-corrected chi connectivity index (χ4v) is 4.46. The van der Waals surface area contributed by atoms with Gasteiger partial charge in [0.15, 0.2) is 0 Å². The molecular formula is C22H26ClFN2O2. The quantitative estimate of drug-likeness (QED) is 0.828. The van der Waals surface area contributed by atoms with Gasteiger partial charge in [0, 0.05) is 37.4 Å². The monoisotopic (exact) mass is 404 g/mol. The van der Waals surface area contributed by atoms with Crippen LogP contribution >= 0.6 is 12.4 Å². The topological polar surface area (TPSA) is 45.5 Å². The maximum Gasteiger partial charge on any atom is 0.227 e. The molecule has 1 aliphatic heterocycles. The van der Waals surface area contributed by atoms with Crippen molar-refractivity contribution in [3.63, 3.8) is 0 Å². The van der Waals surface area contributed by atoms with Crippen LogP contribution in [0, 0.1) is 17.7 Å². The summed E-state index contributed by atoms with van der Waals surface area (Å²) in [7, 11) is 0. The molecule has 1 amide bonds. The third-order valence-electron chi connectivity index (χ3n) is 6.36. The summed E-state index contributed by atoms with van der Waals surface area (Å²) in [5, 5.41) is 3.33. The number of hydrogen-bond acceptors (Lipinski definition) is 3. The Morgan fingerprint density at radius 2 is 1.93 bits per heavy atom. The summed E-state index contributed by atoms with van der Waals surface area (Å²) in [5.41, 5.74) is 0.857. The molecule has 2 heterocycles. The lowest BCUT2D eigenvalue weighted by Crippen LogP contribution is -2.49. The molecule has 0 spiro atoms. The number of carbonyl (C=O) groups excluding carboxylic acids is 1. The zero-order chi connectivity index (χ0) is 18.5. The van der Waals surface area contributed by atoms with E-state index in [1.807, 2.05) is 11.0 Å². The number of nitrogens with one attached hydrogen (secondary N) is 1. The first-order valence-electron chi connectivity index (χ1n) is 9.98. The number of carbonyl (C=O) groups is 1. The average Bonchev–Trinajstić information content (AvgIpc) is 3.58. The first-order chi connectivity index (χ1) is 13.1. The van der Waals surface area contributed by atoms with Crippen molar-refractivity contribution in [2.75, 3.05) is 19.6 Å². The molecule has 28 heavy (non-hydrogen) atoms. The molecule has 1 N–H and O–H groups in total. The molecule has 5 unspecified atom stereocenters. The van der Waals surface area contributed by atoms with Gasteiger partial charge in [-0.15, -0.1) is 12.4 Å². The highest BCUT2D eigenvalue weighted by Gasteiger charge is 2.49. The van der Waals surface area contributed by atoms with Crippen LogP contribution in [-0.2, 0) is 4.79 Å². The molecular weight excluding hydrogens is 379 g/mol. The zero-order valence-corrected chi connectivity index (χ0v) is 16.8. The second kappa shape index (κ2) is 7.53. The van der Waals surface area contributed by atoms with Gasteiger partial charge in [-0.2, -0.15) is 0 Å². The number of nitrogens with zero attached hydrogens (tertiary/aromatic N) is 1. The highest BCUT2D eigenvalue weighted by molar-refractivity contribution is 5.85. The summed E-state index contributed by atoms with van der Waals surface area (Å²) in [4.78, 5) is 15.1. The van der Waals surface area contributed by atoms with Gasteiger partial charge in [0.05, 0.1) is 6.04 Å². The minimum Gasteiger partial charge on any atom is -0.465 e. The number of furan rings is 1. The van der Waals surface area contributed by atoms with Crippen LogP contribution in [0.25, 0.3) is 0 Å². The fourth-order valence-electron chi connectivity index (χ4n) is 4.46. The summed E-state index contributed by atoms with van der Waals surface area (Å²) in [6.07, 6.45) is 2.06. The second-order valence-electron chi connectivity index (χ2n) is 8.31. The molecule has 2 aromatic rings. The molecule has 1 aromatic carbocycles. The van der Waals surface area contributed by atoms with E-state index in [1.54, 1.807) is 6.07 Å². The first-order valence-corrected chi connectivity index (χ1v) is 9.98. The van der Waals surface area contributed by atoms with Gasteiger partial charge in [0.25, 0.3) is 0 Å². The van der Waals surface area contributed by atoms with Gasteiger partial charge in [0.1, 0.15) is 17.3 Å². The second-order valence-corrected chi connectivity index (χ2v) is 8.31. The molecule has 5 atom stereocenters. The zero-order valence-electron chi connectivity index (χ0n) is 15.9. The molecule has 0 radical (unpaired) electrons. The highest BCUT2D eigenvalue weighted by Crippen LogP contribution is 2.52. The van der Waals surface area contributed by atoms with Crippen LogP contribution < -0.4 is 5.32 Å². The van der Waals surface area contributed by atoms with E-state index in [0.29, 0.717) is 24.9 Å². The highest BCUT2D eigenvalue weighted by atomic mass is 35.5. The van der Waals surface area contributed by atoms with Gasteiger partial charge in [-0.05, 0) is 48.6 Å². The lowest BCUT2D eigenvalue weighted by Gasteiger charge is -2.37. The predicted octanol–water partition coefficient (Wildman–Crippen LogP) is 4.24. The van der Waals surface area contributed by atoms with Crippen molar-refractivity contribution in [3.8, 4) is 0 Å². The minimum absolute atomic E-state index is 0. The van der Waals surface area contributed by atoms with E-state index in [4.69, 9.17) is 4.42 Å². The van der Waals surface area contributed by atoms with E-state index in [9.17, 15) is 9.18 Å². The summed E-state index contributed by atoms with van der Waals surface area (Å²) in [5.74, 6) is 3.43. The van der Waals surface area contributed by atoms with E-state index < -0.39 is 0 Å². The van der Waals surface area contributed by atoms with Crippen LogP contribution in [0.15, 0.2) is 40.8 Å². The molecule has 1 saturated heterocycles.